The molecule has 1 aliphatic carbocycles. The van der Waals surface area contributed by atoms with Crippen LogP contribution in [0.1, 0.15) is 72.1 Å². The van der Waals surface area contributed by atoms with E-state index in [2.05, 4.69) is 0 Å². The molecule has 1 aliphatic rings. The van der Waals surface area contributed by atoms with Gasteiger partial charge in [0, 0.05) is 0 Å². The molecule has 1 N–H and O–H groups in total. The van der Waals surface area contributed by atoms with Crippen molar-refractivity contribution in [3.8, 4) is 0 Å². The second kappa shape index (κ2) is 7.13. The Bertz CT molecular complexity index is 260. The number of carbonyl (C=O) groups is 1. The molecule has 0 bridgehead atoms. The van der Waals surface area contributed by atoms with Crippen LogP contribution >= 0.6 is 0 Å². The van der Waals surface area contributed by atoms with Crippen molar-refractivity contribution in [3.05, 3.63) is 0 Å². The molecule has 3 nitrogen and oxygen atoms in total. The first-order valence-corrected chi connectivity index (χ1v) is 7.37. The summed E-state index contributed by atoms with van der Waals surface area (Å²) in [4.78, 5) is 11.8. The van der Waals surface area contributed by atoms with Gasteiger partial charge in [-0.2, -0.15) is 0 Å². The van der Waals surface area contributed by atoms with Gasteiger partial charge >= 0.3 is 5.97 Å². The largest absolute Gasteiger partial charge is 0.462 e. The fourth-order valence-corrected chi connectivity index (χ4v) is 2.36. The lowest BCUT2D eigenvalue weighted by atomic mass is 9.93. The highest BCUT2D eigenvalue weighted by molar-refractivity contribution is 5.72. The second-order valence-electron chi connectivity index (χ2n) is 6.00. The highest BCUT2D eigenvalue weighted by Gasteiger charge is 2.26. The van der Waals surface area contributed by atoms with E-state index in [9.17, 15) is 9.90 Å². The van der Waals surface area contributed by atoms with Gasteiger partial charge < -0.3 is 9.84 Å². The Kier molecular flexibility index (Phi) is 6.13. The Morgan fingerprint density at radius 1 is 1.33 bits per heavy atom. The maximum atomic E-state index is 11.8. The summed E-state index contributed by atoms with van der Waals surface area (Å²) in [6.07, 6.45) is 7.42. The van der Waals surface area contributed by atoms with Crippen LogP contribution in [-0.4, -0.2) is 22.8 Å². The van der Waals surface area contributed by atoms with E-state index in [1.54, 1.807) is 0 Å². The van der Waals surface area contributed by atoms with Crippen molar-refractivity contribution < 1.29 is 14.6 Å². The zero-order valence-electron chi connectivity index (χ0n) is 12.1. The predicted octanol–water partition coefficient (Wildman–Crippen LogP) is 3.44. The highest BCUT2D eigenvalue weighted by atomic mass is 16.5. The van der Waals surface area contributed by atoms with Crippen molar-refractivity contribution in [2.45, 2.75) is 83.8 Å². The third-order valence-electron chi connectivity index (χ3n) is 4.04. The first-order valence-electron chi connectivity index (χ1n) is 7.37. The summed E-state index contributed by atoms with van der Waals surface area (Å²) in [5.41, 5.74) is -0.592. The molecule has 0 aromatic carbocycles. The molecule has 0 radical (unpaired) electrons. The van der Waals surface area contributed by atoms with Gasteiger partial charge in [-0.05, 0) is 45.4 Å². The molecule has 0 spiro atoms. The van der Waals surface area contributed by atoms with Crippen molar-refractivity contribution in [2.75, 3.05) is 0 Å². The number of esters is 1. The maximum absolute atomic E-state index is 11.8. The van der Waals surface area contributed by atoms with Crippen LogP contribution in [0.3, 0.4) is 0 Å². The molecule has 0 aliphatic heterocycles. The second-order valence-corrected chi connectivity index (χ2v) is 6.00. The summed E-state index contributed by atoms with van der Waals surface area (Å²) < 4.78 is 5.58. The molecule has 0 saturated heterocycles. The van der Waals surface area contributed by atoms with Crippen LogP contribution in [0, 0.1) is 5.92 Å². The SMILES string of the molecule is CCC(C)C(=O)OC1CCCCCC(C)(O)CC1. The van der Waals surface area contributed by atoms with Gasteiger partial charge in [0.1, 0.15) is 6.10 Å². The Morgan fingerprint density at radius 3 is 2.72 bits per heavy atom. The van der Waals surface area contributed by atoms with Gasteiger partial charge in [0.05, 0.1) is 11.5 Å². The molecular formula is C15H28O3. The normalized spacial score (nSPS) is 31.9. The molecule has 1 rings (SSSR count). The van der Waals surface area contributed by atoms with E-state index in [1.165, 1.54) is 0 Å². The van der Waals surface area contributed by atoms with Crippen molar-refractivity contribution in [1.82, 2.24) is 0 Å². The van der Waals surface area contributed by atoms with Crippen molar-refractivity contribution in [1.29, 1.82) is 0 Å². The number of carbonyl (C=O) groups excluding carboxylic acids is 1. The fourth-order valence-electron chi connectivity index (χ4n) is 2.36. The first kappa shape index (κ1) is 15.5. The van der Waals surface area contributed by atoms with Crippen LogP contribution in [0.2, 0.25) is 0 Å². The quantitative estimate of drug-likeness (QED) is 0.787. The lowest BCUT2D eigenvalue weighted by Gasteiger charge is -2.25. The Balaban J connectivity index is 2.50. The minimum absolute atomic E-state index is 0.00363. The number of hydrogen-bond acceptors (Lipinski definition) is 3. The topological polar surface area (TPSA) is 46.5 Å². The average molecular weight is 256 g/mol. The molecular weight excluding hydrogens is 228 g/mol. The Hall–Kier alpha value is -0.570. The number of rotatable bonds is 3. The molecule has 3 unspecified atom stereocenters. The van der Waals surface area contributed by atoms with Gasteiger partial charge in [-0.25, -0.2) is 0 Å². The van der Waals surface area contributed by atoms with E-state index in [0.29, 0.717) is 0 Å². The third kappa shape index (κ3) is 5.38. The van der Waals surface area contributed by atoms with Crippen LogP contribution in [0.5, 0.6) is 0 Å². The summed E-state index contributed by atoms with van der Waals surface area (Å²) in [6.45, 7) is 5.80. The van der Waals surface area contributed by atoms with E-state index in [1.807, 2.05) is 20.8 Å². The standard InChI is InChI=1S/C15H28O3/c1-4-12(2)14(16)18-13-8-6-5-7-10-15(3,17)11-9-13/h12-13,17H,4-11H2,1-3H3. The molecule has 0 amide bonds. The molecule has 0 heterocycles. The molecule has 1 saturated carbocycles. The minimum atomic E-state index is -0.592. The molecule has 1 fully saturated rings. The van der Waals surface area contributed by atoms with Gasteiger partial charge in [0.15, 0.2) is 0 Å². The molecule has 18 heavy (non-hydrogen) atoms. The number of hydrogen-bond donors (Lipinski definition) is 1. The van der Waals surface area contributed by atoms with E-state index >= 15 is 0 Å². The predicted molar refractivity (Wildman–Crippen MR) is 72.3 cm³/mol. The summed E-state index contributed by atoms with van der Waals surface area (Å²) in [5, 5.41) is 10.2. The zero-order valence-corrected chi connectivity index (χ0v) is 12.1. The first-order chi connectivity index (χ1) is 8.44. The van der Waals surface area contributed by atoms with Crippen molar-refractivity contribution >= 4 is 5.97 Å². The van der Waals surface area contributed by atoms with Crippen LogP contribution < -0.4 is 0 Å². The number of aliphatic hydroxyl groups is 1. The minimum Gasteiger partial charge on any atom is -0.462 e. The zero-order chi connectivity index (χ0) is 13.6. The van der Waals surface area contributed by atoms with Gasteiger partial charge in [-0.3, -0.25) is 4.79 Å². The summed E-state index contributed by atoms with van der Waals surface area (Å²) >= 11 is 0. The van der Waals surface area contributed by atoms with Crippen LogP contribution in [0.4, 0.5) is 0 Å². The van der Waals surface area contributed by atoms with Crippen LogP contribution in [0.25, 0.3) is 0 Å². The monoisotopic (exact) mass is 256 g/mol. The van der Waals surface area contributed by atoms with E-state index in [0.717, 1.165) is 51.4 Å². The van der Waals surface area contributed by atoms with E-state index in [-0.39, 0.29) is 18.0 Å². The van der Waals surface area contributed by atoms with Crippen molar-refractivity contribution in [2.24, 2.45) is 5.92 Å². The lowest BCUT2D eigenvalue weighted by Crippen LogP contribution is -2.28. The molecule has 3 heteroatoms. The van der Waals surface area contributed by atoms with Crippen LogP contribution in [0.15, 0.2) is 0 Å². The van der Waals surface area contributed by atoms with E-state index in [4.69, 9.17) is 4.74 Å². The molecule has 106 valence electrons. The summed E-state index contributed by atoms with van der Waals surface area (Å²) in [7, 11) is 0. The average Bonchev–Trinajstić information content (AvgIpc) is 2.40. The summed E-state index contributed by atoms with van der Waals surface area (Å²) in [5.74, 6) is -0.0977. The van der Waals surface area contributed by atoms with Crippen molar-refractivity contribution in [3.63, 3.8) is 0 Å². The third-order valence-corrected chi connectivity index (χ3v) is 4.04. The smallest absolute Gasteiger partial charge is 0.308 e. The Morgan fingerprint density at radius 2 is 2.06 bits per heavy atom. The lowest BCUT2D eigenvalue weighted by molar-refractivity contribution is -0.154. The summed E-state index contributed by atoms with van der Waals surface area (Å²) in [6, 6.07) is 0. The van der Waals surface area contributed by atoms with Gasteiger partial charge in [0.2, 0.25) is 0 Å². The van der Waals surface area contributed by atoms with E-state index < -0.39 is 5.60 Å². The van der Waals surface area contributed by atoms with Gasteiger partial charge in [-0.15, -0.1) is 0 Å². The fraction of sp³-hybridized carbons (Fsp3) is 0.933. The van der Waals surface area contributed by atoms with Crippen LogP contribution in [-0.2, 0) is 9.53 Å². The maximum Gasteiger partial charge on any atom is 0.308 e. The molecule has 0 aromatic rings. The number of ether oxygens (including phenoxy) is 1. The molecule has 0 aromatic heterocycles. The van der Waals surface area contributed by atoms with Gasteiger partial charge in [-0.1, -0.05) is 26.7 Å². The Labute approximate surface area is 111 Å². The highest BCUT2D eigenvalue weighted by Crippen LogP contribution is 2.27. The molecule has 3 atom stereocenters. The van der Waals surface area contributed by atoms with Gasteiger partial charge in [0.25, 0.3) is 0 Å².